The summed E-state index contributed by atoms with van der Waals surface area (Å²) in [5.74, 6) is 0. The summed E-state index contributed by atoms with van der Waals surface area (Å²) in [5, 5.41) is 10.0. The van der Waals surface area contributed by atoms with Crippen LogP contribution in [0.2, 0.25) is 0 Å². The first-order chi connectivity index (χ1) is 12.2. The van der Waals surface area contributed by atoms with Crippen molar-refractivity contribution >= 4 is 6.03 Å². The van der Waals surface area contributed by atoms with Crippen LogP contribution in [-0.2, 0) is 25.8 Å². The summed E-state index contributed by atoms with van der Waals surface area (Å²) < 4.78 is 1.45. The van der Waals surface area contributed by atoms with Gasteiger partial charge in [-0.3, -0.25) is 4.79 Å². The lowest BCUT2D eigenvalue weighted by atomic mass is 9.97. The maximum atomic E-state index is 12.1. The molecule has 0 fully saturated rings. The number of aromatic nitrogens is 2. The fourth-order valence-electron chi connectivity index (χ4n) is 3.06. The lowest BCUT2D eigenvalue weighted by molar-refractivity contribution is 0.240. The molecule has 2 aromatic rings. The van der Waals surface area contributed by atoms with E-state index in [1.807, 2.05) is 30.3 Å². The number of carbonyl (C=O) groups is 1. The third-order valence-corrected chi connectivity index (χ3v) is 4.43. The van der Waals surface area contributed by atoms with Gasteiger partial charge in [-0.2, -0.15) is 5.10 Å². The monoisotopic (exact) mass is 340 g/mol. The van der Waals surface area contributed by atoms with E-state index in [2.05, 4.69) is 15.7 Å². The van der Waals surface area contributed by atoms with E-state index in [1.165, 1.54) is 10.2 Å². The van der Waals surface area contributed by atoms with Crippen LogP contribution in [0.3, 0.4) is 0 Å². The molecule has 0 saturated heterocycles. The van der Waals surface area contributed by atoms with Gasteiger partial charge in [-0.15, -0.1) is 0 Å². The number of nitrogens with zero attached hydrogens (tertiary/aromatic N) is 2. The van der Waals surface area contributed by atoms with Crippen LogP contribution in [0.1, 0.15) is 29.7 Å². The van der Waals surface area contributed by atoms with Gasteiger partial charge < -0.3 is 10.6 Å². The number of rotatable bonds is 6. The maximum absolute atomic E-state index is 12.1. The van der Waals surface area contributed by atoms with E-state index in [0.29, 0.717) is 19.6 Å². The molecule has 1 aliphatic rings. The molecule has 2 N–H and O–H groups in total. The van der Waals surface area contributed by atoms with Gasteiger partial charge in [0.05, 0.1) is 12.2 Å². The number of nitrogens with one attached hydrogen (secondary N) is 2. The second-order valence-electron chi connectivity index (χ2n) is 6.30. The molecule has 2 amide bonds. The zero-order valence-corrected chi connectivity index (χ0v) is 14.3. The highest BCUT2D eigenvalue weighted by Gasteiger charge is 2.13. The van der Waals surface area contributed by atoms with Gasteiger partial charge in [0.2, 0.25) is 0 Å². The van der Waals surface area contributed by atoms with Crippen molar-refractivity contribution in [1.82, 2.24) is 20.4 Å². The van der Waals surface area contributed by atoms with Crippen molar-refractivity contribution in [1.29, 1.82) is 0 Å². The second-order valence-corrected chi connectivity index (χ2v) is 6.30. The van der Waals surface area contributed by atoms with E-state index in [9.17, 15) is 9.59 Å². The van der Waals surface area contributed by atoms with Gasteiger partial charge in [0.1, 0.15) is 0 Å². The van der Waals surface area contributed by atoms with E-state index in [0.717, 1.165) is 43.4 Å². The number of hydrogen-bond acceptors (Lipinski definition) is 3. The van der Waals surface area contributed by atoms with Gasteiger partial charge >= 0.3 is 6.03 Å². The normalized spacial score (nSPS) is 13.1. The Bertz CT molecular complexity index is 771. The Balaban J connectivity index is 1.42. The van der Waals surface area contributed by atoms with Gasteiger partial charge in [-0.1, -0.05) is 30.3 Å². The SMILES string of the molecule is O=C(NCCc1ccccc1)NCCn1nc2c(cc1=O)CCCC2. The summed E-state index contributed by atoms with van der Waals surface area (Å²) in [7, 11) is 0. The highest BCUT2D eigenvalue weighted by atomic mass is 16.2. The molecule has 6 nitrogen and oxygen atoms in total. The molecular formula is C19H24N4O2. The van der Waals surface area contributed by atoms with Crippen molar-refractivity contribution in [2.24, 2.45) is 0 Å². The molecule has 1 aromatic heterocycles. The fraction of sp³-hybridized carbons (Fsp3) is 0.421. The number of hydrogen-bond donors (Lipinski definition) is 2. The Labute approximate surface area is 147 Å². The molecule has 1 aromatic carbocycles. The van der Waals surface area contributed by atoms with Crippen molar-refractivity contribution in [3.05, 3.63) is 63.6 Å². The zero-order valence-electron chi connectivity index (χ0n) is 14.3. The molecular weight excluding hydrogens is 316 g/mol. The van der Waals surface area contributed by atoms with Gasteiger partial charge in [0.15, 0.2) is 0 Å². The predicted octanol–water partition coefficient (Wildman–Crippen LogP) is 1.66. The lowest BCUT2D eigenvalue weighted by Crippen LogP contribution is -2.39. The summed E-state index contributed by atoms with van der Waals surface area (Å²) in [6.45, 7) is 1.34. The quantitative estimate of drug-likeness (QED) is 0.840. The highest BCUT2D eigenvalue weighted by molar-refractivity contribution is 5.73. The first-order valence-corrected chi connectivity index (χ1v) is 8.88. The zero-order chi connectivity index (χ0) is 17.5. The molecule has 6 heteroatoms. The topological polar surface area (TPSA) is 76.0 Å². The van der Waals surface area contributed by atoms with Gasteiger partial charge in [0.25, 0.3) is 5.56 Å². The number of carbonyl (C=O) groups excluding carboxylic acids is 1. The summed E-state index contributed by atoms with van der Waals surface area (Å²) >= 11 is 0. The molecule has 0 spiro atoms. The highest BCUT2D eigenvalue weighted by Crippen LogP contribution is 2.16. The summed E-state index contributed by atoms with van der Waals surface area (Å²) in [4.78, 5) is 23.9. The van der Waals surface area contributed by atoms with E-state index in [-0.39, 0.29) is 11.6 Å². The number of benzene rings is 1. The van der Waals surface area contributed by atoms with Crippen LogP contribution in [-0.4, -0.2) is 28.9 Å². The van der Waals surface area contributed by atoms with Crippen LogP contribution < -0.4 is 16.2 Å². The Kier molecular flexibility index (Phi) is 5.82. The molecule has 132 valence electrons. The predicted molar refractivity (Wildman–Crippen MR) is 96.7 cm³/mol. The molecule has 0 radical (unpaired) electrons. The van der Waals surface area contributed by atoms with Crippen LogP contribution in [0.25, 0.3) is 0 Å². The third-order valence-electron chi connectivity index (χ3n) is 4.43. The van der Waals surface area contributed by atoms with E-state index >= 15 is 0 Å². The molecule has 0 atom stereocenters. The standard InChI is InChI=1S/C19H24N4O2/c24-18-14-16-8-4-5-9-17(16)22-23(18)13-12-21-19(25)20-11-10-15-6-2-1-3-7-15/h1-3,6-7,14H,4-5,8-13H2,(H2,20,21,25). The van der Waals surface area contributed by atoms with Gasteiger partial charge in [0, 0.05) is 19.2 Å². The second kappa shape index (κ2) is 8.46. The molecule has 0 aliphatic heterocycles. The van der Waals surface area contributed by atoms with E-state index in [4.69, 9.17) is 0 Å². The largest absolute Gasteiger partial charge is 0.338 e. The third kappa shape index (κ3) is 4.92. The maximum Gasteiger partial charge on any atom is 0.314 e. The lowest BCUT2D eigenvalue weighted by Gasteiger charge is -2.16. The Morgan fingerprint density at radius 3 is 2.68 bits per heavy atom. The summed E-state index contributed by atoms with van der Waals surface area (Å²) in [6.07, 6.45) is 4.92. The van der Waals surface area contributed by atoms with Gasteiger partial charge in [-0.25, -0.2) is 9.48 Å². The number of aryl methyl sites for hydroxylation is 2. The van der Waals surface area contributed by atoms with Crippen molar-refractivity contribution in [2.45, 2.75) is 38.6 Å². The van der Waals surface area contributed by atoms with Crippen molar-refractivity contribution in [2.75, 3.05) is 13.1 Å². The molecule has 1 aliphatic carbocycles. The molecule has 25 heavy (non-hydrogen) atoms. The van der Waals surface area contributed by atoms with E-state index in [1.54, 1.807) is 6.07 Å². The molecule has 3 rings (SSSR count). The van der Waals surface area contributed by atoms with Crippen LogP contribution >= 0.6 is 0 Å². The Morgan fingerprint density at radius 1 is 1.08 bits per heavy atom. The van der Waals surface area contributed by atoms with Gasteiger partial charge in [-0.05, 0) is 43.2 Å². The Hall–Kier alpha value is -2.63. The Morgan fingerprint density at radius 2 is 1.84 bits per heavy atom. The van der Waals surface area contributed by atoms with E-state index < -0.39 is 0 Å². The van der Waals surface area contributed by atoms with Crippen molar-refractivity contribution in [3.63, 3.8) is 0 Å². The van der Waals surface area contributed by atoms with Crippen LogP contribution in [0.4, 0.5) is 4.79 Å². The minimum absolute atomic E-state index is 0.0908. The fourth-order valence-corrected chi connectivity index (χ4v) is 3.06. The molecule has 0 unspecified atom stereocenters. The summed E-state index contributed by atoms with van der Waals surface area (Å²) in [6, 6.07) is 11.5. The average molecular weight is 340 g/mol. The van der Waals surface area contributed by atoms with Crippen LogP contribution in [0.15, 0.2) is 41.2 Å². The molecule has 0 bridgehead atoms. The minimum Gasteiger partial charge on any atom is -0.338 e. The number of urea groups is 1. The average Bonchev–Trinajstić information content (AvgIpc) is 2.63. The van der Waals surface area contributed by atoms with Crippen molar-refractivity contribution in [3.8, 4) is 0 Å². The van der Waals surface area contributed by atoms with Crippen LogP contribution in [0, 0.1) is 0 Å². The minimum atomic E-state index is -0.220. The summed E-state index contributed by atoms with van der Waals surface area (Å²) in [5.41, 5.74) is 3.21. The molecule has 0 saturated carbocycles. The number of amides is 2. The first-order valence-electron chi connectivity index (χ1n) is 8.88. The number of fused-ring (bicyclic) bond motifs is 1. The smallest absolute Gasteiger partial charge is 0.314 e. The molecule has 1 heterocycles. The van der Waals surface area contributed by atoms with Crippen LogP contribution in [0.5, 0.6) is 0 Å². The van der Waals surface area contributed by atoms with Crippen molar-refractivity contribution < 1.29 is 4.79 Å². The first kappa shape index (κ1) is 17.2.